The van der Waals surface area contributed by atoms with Crippen molar-refractivity contribution in [3.63, 3.8) is 0 Å². The molecule has 0 saturated heterocycles. The number of rotatable bonds is 6. The van der Waals surface area contributed by atoms with Gasteiger partial charge in [-0.15, -0.1) is 0 Å². The fraction of sp³-hybridized carbons (Fsp3) is 0.917. The standard InChI is InChI=1S/C12H22O5S/c1-5-16-11(13)10-6-9(10)7-17-18(14,15)8-12(2,3)4/h9-10H,5-8H2,1-4H3/t9-,10+/m0/s1. The maximum absolute atomic E-state index is 11.6. The number of hydrogen-bond donors (Lipinski definition) is 0. The van der Waals surface area contributed by atoms with Crippen LogP contribution < -0.4 is 0 Å². The SMILES string of the molecule is CCOC(=O)[C@@H]1C[C@H]1COS(=O)(=O)CC(C)(C)C. The minimum atomic E-state index is -3.51. The van der Waals surface area contributed by atoms with Gasteiger partial charge >= 0.3 is 5.97 Å². The molecule has 18 heavy (non-hydrogen) atoms. The predicted molar refractivity (Wildman–Crippen MR) is 67.4 cm³/mol. The van der Waals surface area contributed by atoms with Crippen LogP contribution in [0.15, 0.2) is 0 Å². The van der Waals surface area contributed by atoms with Crippen LogP contribution in [0.1, 0.15) is 34.1 Å². The molecule has 1 saturated carbocycles. The lowest BCUT2D eigenvalue weighted by atomic mass is 10.0. The fourth-order valence-electron chi connectivity index (χ4n) is 1.73. The summed E-state index contributed by atoms with van der Waals surface area (Å²) in [5.74, 6) is -0.468. The highest BCUT2D eigenvalue weighted by Gasteiger charge is 2.45. The molecule has 1 fully saturated rings. The zero-order valence-electron chi connectivity index (χ0n) is 11.4. The molecule has 0 aromatic carbocycles. The van der Waals surface area contributed by atoms with Crippen LogP contribution in [0.5, 0.6) is 0 Å². The lowest BCUT2D eigenvalue weighted by molar-refractivity contribution is -0.145. The first-order valence-electron chi connectivity index (χ1n) is 6.18. The number of ether oxygens (including phenoxy) is 1. The molecule has 0 spiro atoms. The van der Waals surface area contributed by atoms with Crippen LogP contribution in [0.25, 0.3) is 0 Å². The number of esters is 1. The van der Waals surface area contributed by atoms with E-state index in [1.807, 2.05) is 20.8 Å². The van der Waals surface area contributed by atoms with Crippen molar-refractivity contribution in [3.8, 4) is 0 Å². The average molecular weight is 278 g/mol. The van der Waals surface area contributed by atoms with Crippen LogP contribution >= 0.6 is 0 Å². The molecule has 0 bridgehead atoms. The summed E-state index contributed by atoms with van der Waals surface area (Å²) in [4.78, 5) is 11.3. The van der Waals surface area contributed by atoms with Gasteiger partial charge in [-0.05, 0) is 24.7 Å². The molecule has 5 nitrogen and oxygen atoms in total. The van der Waals surface area contributed by atoms with Crippen molar-refractivity contribution in [1.29, 1.82) is 0 Å². The summed E-state index contributed by atoms with van der Waals surface area (Å²) in [7, 11) is -3.51. The maximum Gasteiger partial charge on any atom is 0.309 e. The summed E-state index contributed by atoms with van der Waals surface area (Å²) in [6.45, 7) is 7.71. The van der Waals surface area contributed by atoms with Crippen molar-refractivity contribution < 1.29 is 22.1 Å². The first-order chi connectivity index (χ1) is 8.14. The van der Waals surface area contributed by atoms with Gasteiger partial charge in [0.15, 0.2) is 0 Å². The Bertz CT molecular complexity index is 393. The van der Waals surface area contributed by atoms with E-state index < -0.39 is 10.1 Å². The Morgan fingerprint density at radius 3 is 2.44 bits per heavy atom. The smallest absolute Gasteiger partial charge is 0.309 e. The summed E-state index contributed by atoms with van der Waals surface area (Å²) in [6, 6.07) is 0. The van der Waals surface area contributed by atoms with E-state index in [1.54, 1.807) is 6.92 Å². The lowest BCUT2D eigenvalue weighted by Gasteiger charge is -2.17. The molecule has 1 rings (SSSR count). The third-order valence-electron chi connectivity index (χ3n) is 2.58. The molecule has 1 aliphatic carbocycles. The Kier molecular flexibility index (Phi) is 4.78. The maximum atomic E-state index is 11.6. The molecule has 0 aromatic heterocycles. The van der Waals surface area contributed by atoms with E-state index in [-0.39, 0.29) is 35.6 Å². The molecular formula is C12H22O5S. The van der Waals surface area contributed by atoms with Gasteiger partial charge in [0.1, 0.15) is 0 Å². The Hall–Kier alpha value is -0.620. The van der Waals surface area contributed by atoms with Crippen LogP contribution in [0.4, 0.5) is 0 Å². The molecule has 0 aromatic rings. The van der Waals surface area contributed by atoms with Crippen LogP contribution in [-0.4, -0.2) is 33.4 Å². The third-order valence-corrected chi connectivity index (χ3v) is 4.30. The van der Waals surface area contributed by atoms with Gasteiger partial charge in [-0.1, -0.05) is 20.8 Å². The Balaban J connectivity index is 2.33. The summed E-state index contributed by atoms with van der Waals surface area (Å²) < 4.78 is 33.1. The van der Waals surface area contributed by atoms with Crippen molar-refractivity contribution in [1.82, 2.24) is 0 Å². The highest BCUT2D eigenvalue weighted by atomic mass is 32.2. The quantitative estimate of drug-likeness (QED) is 0.545. The molecule has 0 N–H and O–H groups in total. The summed E-state index contributed by atoms with van der Waals surface area (Å²) in [5, 5.41) is 0. The van der Waals surface area contributed by atoms with E-state index in [4.69, 9.17) is 8.92 Å². The Morgan fingerprint density at radius 1 is 1.33 bits per heavy atom. The second-order valence-corrected chi connectivity index (χ2v) is 7.54. The van der Waals surface area contributed by atoms with Crippen molar-refractivity contribution in [2.75, 3.05) is 19.0 Å². The first kappa shape index (κ1) is 15.4. The topological polar surface area (TPSA) is 69.7 Å². The lowest BCUT2D eigenvalue weighted by Crippen LogP contribution is -2.23. The van der Waals surface area contributed by atoms with Crippen molar-refractivity contribution in [2.24, 2.45) is 17.3 Å². The highest BCUT2D eigenvalue weighted by Crippen LogP contribution is 2.40. The minimum absolute atomic E-state index is 0.0150. The van der Waals surface area contributed by atoms with E-state index in [2.05, 4.69) is 0 Å². The van der Waals surface area contributed by atoms with Gasteiger partial charge in [-0.3, -0.25) is 8.98 Å². The van der Waals surface area contributed by atoms with E-state index >= 15 is 0 Å². The molecule has 6 heteroatoms. The van der Waals surface area contributed by atoms with Gasteiger partial charge in [0.25, 0.3) is 10.1 Å². The summed E-state index contributed by atoms with van der Waals surface area (Å²) in [6.07, 6.45) is 0.657. The largest absolute Gasteiger partial charge is 0.466 e. The predicted octanol–water partition coefficient (Wildman–Crippen LogP) is 1.58. The van der Waals surface area contributed by atoms with E-state index in [0.29, 0.717) is 13.0 Å². The third kappa shape index (κ3) is 5.35. The number of carbonyl (C=O) groups excluding carboxylic acids is 1. The van der Waals surface area contributed by atoms with Crippen LogP contribution in [0.2, 0.25) is 0 Å². The van der Waals surface area contributed by atoms with Gasteiger partial charge in [0, 0.05) is 0 Å². The van der Waals surface area contributed by atoms with Crippen molar-refractivity contribution in [3.05, 3.63) is 0 Å². The number of hydrogen-bond acceptors (Lipinski definition) is 5. The van der Waals surface area contributed by atoms with Gasteiger partial charge in [-0.25, -0.2) is 0 Å². The molecule has 106 valence electrons. The Morgan fingerprint density at radius 2 is 1.94 bits per heavy atom. The van der Waals surface area contributed by atoms with Crippen LogP contribution in [-0.2, 0) is 23.8 Å². The number of carbonyl (C=O) groups is 1. The van der Waals surface area contributed by atoms with Gasteiger partial charge < -0.3 is 4.74 Å². The second-order valence-electron chi connectivity index (χ2n) is 5.90. The monoisotopic (exact) mass is 278 g/mol. The zero-order chi connectivity index (χ0) is 14.0. The van der Waals surface area contributed by atoms with Crippen molar-refractivity contribution in [2.45, 2.75) is 34.1 Å². The van der Waals surface area contributed by atoms with E-state index in [1.165, 1.54) is 0 Å². The summed E-state index contributed by atoms with van der Waals surface area (Å²) in [5.41, 5.74) is -0.330. The van der Waals surface area contributed by atoms with Crippen LogP contribution in [0.3, 0.4) is 0 Å². The molecule has 1 aliphatic rings. The molecule has 2 atom stereocenters. The van der Waals surface area contributed by atoms with E-state index in [9.17, 15) is 13.2 Å². The van der Waals surface area contributed by atoms with Crippen LogP contribution in [0, 0.1) is 17.3 Å². The van der Waals surface area contributed by atoms with E-state index in [0.717, 1.165) is 0 Å². The summed E-state index contributed by atoms with van der Waals surface area (Å²) >= 11 is 0. The second kappa shape index (κ2) is 5.57. The first-order valence-corrected chi connectivity index (χ1v) is 7.76. The fourth-order valence-corrected chi connectivity index (χ4v) is 3.26. The normalized spacial score (nSPS) is 23.8. The molecule has 0 amide bonds. The minimum Gasteiger partial charge on any atom is -0.466 e. The molecule has 0 radical (unpaired) electrons. The molecule has 0 unspecified atom stereocenters. The van der Waals surface area contributed by atoms with Gasteiger partial charge in [0.05, 0.1) is 24.9 Å². The van der Waals surface area contributed by atoms with Gasteiger partial charge in [0.2, 0.25) is 0 Å². The zero-order valence-corrected chi connectivity index (χ0v) is 12.2. The molecular weight excluding hydrogens is 256 g/mol. The Labute approximate surface area is 109 Å². The molecule has 0 heterocycles. The average Bonchev–Trinajstić information content (AvgIpc) is 2.90. The highest BCUT2D eigenvalue weighted by molar-refractivity contribution is 7.86. The molecule has 0 aliphatic heterocycles. The van der Waals surface area contributed by atoms with Crippen molar-refractivity contribution >= 4 is 16.1 Å². The van der Waals surface area contributed by atoms with Gasteiger partial charge in [-0.2, -0.15) is 8.42 Å².